The average molecular weight is 285 g/mol. The first-order chi connectivity index (χ1) is 10.0. The summed E-state index contributed by atoms with van der Waals surface area (Å²) in [6.45, 7) is 0. The Hall–Kier alpha value is -3.02. The van der Waals surface area contributed by atoms with Gasteiger partial charge in [-0.25, -0.2) is 9.18 Å². The summed E-state index contributed by atoms with van der Waals surface area (Å²) in [5.74, 6) is -0.439. The van der Waals surface area contributed by atoms with Gasteiger partial charge < -0.3 is 4.42 Å². The van der Waals surface area contributed by atoms with E-state index in [1.54, 1.807) is 0 Å². The van der Waals surface area contributed by atoms with Crippen molar-refractivity contribution in [1.82, 2.24) is 0 Å². The van der Waals surface area contributed by atoms with E-state index in [9.17, 15) is 19.3 Å². The second kappa shape index (κ2) is 4.82. The van der Waals surface area contributed by atoms with Crippen LogP contribution < -0.4 is 5.63 Å². The van der Waals surface area contributed by atoms with Crippen molar-refractivity contribution in [2.75, 3.05) is 0 Å². The first-order valence-corrected chi connectivity index (χ1v) is 6.03. The Bertz CT molecular complexity index is 900. The Balaban J connectivity index is 2.17. The topological polar surface area (TPSA) is 73.3 Å². The predicted octanol–water partition coefficient (Wildman–Crippen LogP) is 3.51. The van der Waals surface area contributed by atoms with Gasteiger partial charge in [0.25, 0.3) is 5.69 Å². The molecule has 6 heteroatoms. The van der Waals surface area contributed by atoms with Crippen LogP contribution >= 0.6 is 0 Å². The zero-order valence-corrected chi connectivity index (χ0v) is 10.6. The van der Waals surface area contributed by atoms with Gasteiger partial charge in [-0.05, 0) is 42.0 Å². The largest absolute Gasteiger partial charge is 0.422 e. The van der Waals surface area contributed by atoms with Crippen LogP contribution in [0.5, 0.6) is 0 Å². The number of nitro benzene ring substituents is 1. The Morgan fingerprint density at radius 1 is 1.05 bits per heavy atom. The molecule has 0 aliphatic rings. The van der Waals surface area contributed by atoms with Crippen LogP contribution in [0.4, 0.5) is 10.1 Å². The normalized spacial score (nSPS) is 10.7. The minimum Gasteiger partial charge on any atom is -0.422 e. The van der Waals surface area contributed by atoms with Gasteiger partial charge in [-0.3, -0.25) is 10.1 Å². The standard InChI is InChI=1S/C15H8FNO4/c16-11-3-6-14-10(7-11)8-13(15(18)21-14)9-1-4-12(5-2-9)17(19)20/h1-8H. The molecule has 3 aromatic rings. The lowest BCUT2D eigenvalue weighted by Gasteiger charge is -2.02. The number of nitrogens with zero attached hydrogens (tertiary/aromatic N) is 1. The van der Waals surface area contributed by atoms with Crippen LogP contribution in [0.1, 0.15) is 0 Å². The molecule has 0 amide bonds. The van der Waals surface area contributed by atoms with E-state index in [0.29, 0.717) is 10.9 Å². The van der Waals surface area contributed by atoms with Gasteiger partial charge in [-0.15, -0.1) is 0 Å². The molecule has 0 N–H and O–H groups in total. The lowest BCUT2D eigenvalue weighted by Crippen LogP contribution is -2.02. The molecule has 0 aliphatic heterocycles. The van der Waals surface area contributed by atoms with Crippen LogP contribution in [0.3, 0.4) is 0 Å². The number of benzene rings is 2. The van der Waals surface area contributed by atoms with E-state index in [0.717, 1.165) is 0 Å². The van der Waals surface area contributed by atoms with Gasteiger partial charge in [-0.2, -0.15) is 0 Å². The molecule has 0 bridgehead atoms. The number of fused-ring (bicyclic) bond motifs is 1. The molecule has 0 atom stereocenters. The van der Waals surface area contributed by atoms with Crippen molar-refractivity contribution in [3.8, 4) is 11.1 Å². The first kappa shape index (κ1) is 13.0. The fourth-order valence-corrected chi connectivity index (χ4v) is 2.06. The summed E-state index contributed by atoms with van der Waals surface area (Å²) in [6.07, 6.45) is 0. The number of hydrogen-bond acceptors (Lipinski definition) is 4. The molecule has 0 saturated heterocycles. The van der Waals surface area contributed by atoms with Crippen molar-refractivity contribution in [3.05, 3.63) is 74.9 Å². The minimum absolute atomic E-state index is 0.0741. The van der Waals surface area contributed by atoms with Gasteiger partial charge in [0, 0.05) is 17.5 Å². The smallest absolute Gasteiger partial charge is 0.344 e. The van der Waals surface area contributed by atoms with Crippen molar-refractivity contribution in [1.29, 1.82) is 0 Å². The fraction of sp³-hybridized carbons (Fsp3) is 0. The molecule has 0 aliphatic carbocycles. The molecule has 5 nitrogen and oxygen atoms in total. The van der Waals surface area contributed by atoms with E-state index in [1.165, 1.54) is 48.5 Å². The van der Waals surface area contributed by atoms with Crippen LogP contribution in [-0.2, 0) is 0 Å². The SMILES string of the molecule is O=c1oc2ccc(F)cc2cc1-c1ccc([N+](=O)[O-])cc1. The van der Waals surface area contributed by atoms with Crippen LogP contribution in [0.25, 0.3) is 22.1 Å². The Morgan fingerprint density at radius 3 is 2.43 bits per heavy atom. The molecule has 3 rings (SSSR count). The Morgan fingerprint density at radius 2 is 1.76 bits per heavy atom. The van der Waals surface area contributed by atoms with Crippen molar-refractivity contribution in [3.63, 3.8) is 0 Å². The molecule has 0 spiro atoms. The molecule has 0 radical (unpaired) electrons. The summed E-state index contributed by atoms with van der Waals surface area (Å²) in [5, 5.41) is 11.1. The van der Waals surface area contributed by atoms with Crippen LogP contribution in [0.15, 0.2) is 57.7 Å². The monoisotopic (exact) mass is 285 g/mol. The highest BCUT2D eigenvalue weighted by Crippen LogP contribution is 2.23. The van der Waals surface area contributed by atoms with Gasteiger partial charge in [0.05, 0.1) is 10.5 Å². The van der Waals surface area contributed by atoms with Crippen molar-refractivity contribution in [2.24, 2.45) is 0 Å². The zero-order chi connectivity index (χ0) is 15.0. The molecular formula is C15H8FNO4. The van der Waals surface area contributed by atoms with Gasteiger partial charge in [0.2, 0.25) is 0 Å². The molecule has 0 saturated carbocycles. The van der Waals surface area contributed by atoms with Gasteiger partial charge in [0.1, 0.15) is 11.4 Å². The summed E-state index contributed by atoms with van der Waals surface area (Å²) < 4.78 is 18.3. The Labute approximate surface area is 117 Å². The molecule has 0 fully saturated rings. The maximum absolute atomic E-state index is 13.2. The number of non-ortho nitro benzene ring substituents is 1. The van der Waals surface area contributed by atoms with Crippen molar-refractivity contribution in [2.45, 2.75) is 0 Å². The van der Waals surface area contributed by atoms with Crippen molar-refractivity contribution < 1.29 is 13.7 Å². The van der Waals surface area contributed by atoms with Gasteiger partial charge in [-0.1, -0.05) is 0 Å². The highest BCUT2D eigenvalue weighted by Gasteiger charge is 2.10. The van der Waals surface area contributed by atoms with Crippen molar-refractivity contribution >= 4 is 16.7 Å². The molecule has 2 aromatic carbocycles. The van der Waals surface area contributed by atoms with E-state index in [2.05, 4.69) is 0 Å². The summed E-state index contributed by atoms with van der Waals surface area (Å²) in [7, 11) is 0. The second-order valence-corrected chi connectivity index (χ2v) is 4.43. The summed E-state index contributed by atoms with van der Waals surface area (Å²) in [4.78, 5) is 22.0. The van der Waals surface area contributed by atoms with E-state index >= 15 is 0 Å². The van der Waals surface area contributed by atoms with E-state index in [4.69, 9.17) is 4.42 Å². The number of halogens is 1. The first-order valence-electron chi connectivity index (χ1n) is 6.03. The third kappa shape index (κ3) is 2.38. The average Bonchev–Trinajstić information content (AvgIpc) is 2.47. The third-order valence-corrected chi connectivity index (χ3v) is 3.08. The maximum Gasteiger partial charge on any atom is 0.344 e. The zero-order valence-electron chi connectivity index (χ0n) is 10.6. The molecule has 1 aromatic heterocycles. The minimum atomic E-state index is -0.581. The molecule has 21 heavy (non-hydrogen) atoms. The van der Waals surface area contributed by atoms with E-state index in [1.807, 2.05) is 0 Å². The molecular weight excluding hydrogens is 277 g/mol. The lowest BCUT2D eigenvalue weighted by molar-refractivity contribution is -0.384. The van der Waals surface area contributed by atoms with Crippen LogP contribution in [-0.4, -0.2) is 4.92 Å². The highest BCUT2D eigenvalue weighted by atomic mass is 19.1. The predicted molar refractivity (Wildman–Crippen MR) is 74.5 cm³/mol. The van der Waals surface area contributed by atoms with Gasteiger partial charge in [0.15, 0.2) is 0 Å². The highest BCUT2D eigenvalue weighted by molar-refractivity contribution is 5.81. The van der Waals surface area contributed by atoms with Gasteiger partial charge >= 0.3 is 5.63 Å². The number of hydrogen-bond donors (Lipinski definition) is 0. The molecule has 104 valence electrons. The lowest BCUT2D eigenvalue weighted by atomic mass is 10.1. The quantitative estimate of drug-likeness (QED) is 0.410. The van der Waals surface area contributed by atoms with Crippen LogP contribution in [0, 0.1) is 15.9 Å². The third-order valence-electron chi connectivity index (χ3n) is 3.08. The summed E-state index contributed by atoms with van der Waals surface area (Å²) in [6, 6.07) is 10.8. The fourth-order valence-electron chi connectivity index (χ4n) is 2.06. The molecule has 1 heterocycles. The second-order valence-electron chi connectivity index (χ2n) is 4.43. The van der Waals surface area contributed by atoms with Crippen LogP contribution in [0.2, 0.25) is 0 Å². The maximum atomic E-state index is 13.2. The van der Waals surface area contributed by atoms with E-state index in [-0.39, 0.29) is 16.8 Å². The summed E-state index contributed by atoms with van der Waals surface area (Å²) >= 11 is 0. The number of nitro groups is 1. The van der Waals surface area contributed by atoms with E-state index < -0.39 is 16.4 Å². The molecule has 0 unspecified atom stereocenters. The number of rotatable bonds is 2. The summed E-state index contributed by atoms with van der Waals surface area (Å²) in [5.41, 5.74) is 0.327. The Kier molecular flexibility index (Phi) is 2.98.